The topological polar surface area (TPSA) is 12.0 Å². The van der Waals surface area contributed by atoms with E-state index < -0.39 is 0 Å². The monoisotopic (exact) mass is 289 g/mol. The van der Waals surface area contributed by atoms with E-state index in [0.29, 0.717) is 5.25 Å². The van der Waals surface area contributed by atoms with Gasteiger partial charge < -0.3 is 5.32 Å². The third-order valence-electron chi connectivity index (χ3n) is 3.43. The lowest BCUT2D eigenvalue weighted by molar-refractivity contribution is 0.898. The normalized spacial score (nSPS) is 17.3. The summed E-state index contributed by atoms with van der Waals surface area (Å²) in [6, 6.07) is 14.7. The van der Waals surface area contributed by atoms with E-state index in [-0.39, 0.29) is 0 Å². The molecule has 1 atom stereocenters. The molecule has 1 aliphatic heterocycles. The van der Waals surface area contributed by atoms with Crippen molar-refractivity contribution < 1.29 is 0 Å². The molecule has 19 heavy (non-hydrogen) atoms. The zero-order valence-corrected chi connectivity index (χ0v) is 12.4. The molecule has 0 fully saturated rings. The Morgan fingerprint density at radius 3 is 2.95 bits per heavy atom. The van der Waals surface area contributed by atoms with E-state index in [2.05, 4.69) is 42.6 Å². The van der Waals surface area contributed by atoms with Crippen molar-refractivity contribution in [2.45, 2.75) is 23.5 Å². The van der Waals surface area contributed by atoms with Gasteiger partial charge in [-0.15, -0.1) is 11.8 Å². The largest absolute Gasteiger partial charge is 0.384 e. The molecule has 2 aromatic carbocycles. The molecule has 0 aromatic heterocycles. The number of fused-ring (bicyclic) bond motifs is 1. The van der Waals surface area contributed by atoms with Crippen LogP contribution in [-0.2, 0) is 6.42 Å². The average molecular weight is 290 g/mol. The number of anilines is 1. The van der Waals surface area contributed by atoms with Gasteiger partial charge in [0.2, 0.25) is 0 Å². The number of halogens is 1. The second kappa shape index (κ2) is 5.48. The van der Waals surface area contributed by atoms with Crippen LogP contribution in [0.15, 0.2) is 47.4 Å². The molecular formula is C16H16ClNS. The summed E-state index contributed by atoms with van der Waals surface area (Å²) in [5, 5.41) is 4.92. The van der Waals surface area contributed by atoms with Crippen molar-refractivity contribution in [2.24, 2.45) is 0 Å². The first-order chi connectivity index (χ1) is 9.22. The van der Waals surface area contributed by atoms with Crippen molar-refractivity contribution in [3.63, 3.8) is 0 Å². The third kappa shape index (κ3) is 2.90. The van der Waals surface area contributed by atoms with Gasteiger partial charge >= 0.3 is 0 Å². The first-order valence-electron chi connectivity index (χ1n) is 6.47. The maximum absolute atomic E-state index is 6.04. The van der Waals surface area contributed by atoms with Crippen LogP contribution >= 0.6 is 23.4 Å². The molecule has 0 radical (unpaired) electrons. The number of rotatable bonds is 3. The molecule has 0 saturated heterocycles. The summed E-state index contributed by atoms with van der Waals surface area (Å²) in [6.45, 7) is 3.08. The predicted octanol–water partition coefficient (Wildman–Crippen LogP) is 4.78. The second-order valence-electron chi connectivity index (χ2n) is 4.89. The number of hydrogen-bond donors (Lipinski definition) is 1. The lowest BCUT2D eigenvalue weighted by atomic mass is 10.1. The number of benzene rings is 2. The SMILES string of the molecule is Cc1ccc(Cl)cc1NCC1Cc2ccccc2S1. The Bertz CT molecular complexity index is 572. The highest BCUT2D eigenvalue weighted by Gasteiger charge is 2.21. The highest BCUT2D eigenvalue weighted by molar-refractivity contribution is 8.00. The molecule has 0 aliphatic carbocycles. The fraction of sp³-hybridized carbons (Fsp3) is 0.250. The Kier molecular flexibility index (Phi) is 3.72. The zero-order valence-electron chi connectivity index (χ0n) is 10.8. The lowest BCUT2D eigenvalue weighted by Crippen LogP contribution is -2.16. The summed E-state index contributed by atoms with van der Waals surface area (Å²) >= 11 is 8.01. The summed E-state index contributed by atoms with van der Waals surface area (Å²) in [5.74, 6) is 0. The van der Waals surface area contributed by atoms with E-state index in [1.807, 2.05) is 23.9 Å². The molecule has 98 valence electrons. The van der Waals surface area contributed by atoms with Crippen LogP contribution in [0.1, 0.15) is 11.1 Å². The van der Waals surface area contributed by atoms with E-state index >= 15 is 0 Å². The summed E-state index contributed by atoms with van der Waals surface area (Å²) in [6.07, 6.45) is 1.15. The van der Waals surface area contributed by atoms with Crippen LogP contribution in [0, 0.1) is 6.92 Å². The molecule has 2 aromatic rings. The zero-order chi connectivity index (χ0) is 13.2. The van der Waals surface area contributed by atoms with Gasteiger partial charge in [-0.05, 0) is 42.7 Å². The highest BCUT2D eigenvalue weighted by Crippen LogP contribution is 2.36. The molecule has 0 saturated carbocycles. The van der Waals surface area contributed by atoms with Crippen LogP contribution in [-0.4, -0.2) is 11.8 Å². The molecule has 0 bridgehead atoms. The maximum atomic E-state index is 6.04. The van der Waals surface area contributed by atoms with Gasteiger partial charge in [0, 0.05) is 27.4 Å². The van der Waals surface area contributed by atoms with E-state index in [1.54, 1.807) is 0 Å². The minimum absolute atomic E-state index is 0.607. The Hall–Kier alpha value is -1.12. The highest BCUT2D eigenvalue weighted by atomic mass is 35.5. The fourth-order valence-corrected chi connectivity index (χ4v) is 3.80. The Morgan fingerprint density at radius 2 is 2.11 bits per heavy atom. The molecule has 1 N–H and O–H groups in total. The van der Waals surface area contributed by atoms with Crippen LogP contribution in [0.25, 0.3) is 0 Å². The van der Waals surface area contributed by atoms with Crippen LogP contribution in [0.3, 0.4) is 0 Å². The smallest absolute Gasteiger partial charge is 0.0426 e. The molecule has 1 aliphatic rings. The first kappa shape index (κ1) is 12.9. The summed E-state index contributed by atoms with van der Waals surface area (Å²) < 4.78 is 0. The number of thioether (sulfide) groups is 1. The first-order valence-corrected chi connectivity index (χ1v) is 7.73. The van der Waals surface area contributed by atoms with Gasteiger partial charge in [-0.25, -0.2) is 0 Å². The molecule has 3 heteroatoms. The van der Waals surface area contributed by atoms with Gasteiger partial charge in [-0.3, -0.25) is 0 Å². The summed E-state index contributed by atoms with van der Waals surface area (Å²) in [7, 11) is 0. The Balaban J connectivity index is 1.64. The van der Waals surface area contributed by atoms with Crippen molar-refractivity contribution in [2.75, 3.05) is 11.9 Å². The maximum Gasteiger partial charge on any atom is 0.0426 e. The van der Waals surface area contributed by atoms with Crippen molar-refractivity contribution in [3.8, 4) is 0 Å². The quantitative estimate of drug-likeness (QED) is 0.873. The van der Waals surface area contributed by atoms with Crippen molar-refractivity contribution >= 4 is 29.1 Å². The minimum atomic E-state index is 0.607. The van der Waals surface area contributed by atoms with E-state index in [9.17, 15) is 0 Å². The van der Waals surface area contributed by atoms with Gasteiger partial charge in [0.25, 0.3) is 0 Å². The van der Waals surface area contributed by atoms with Gasteiger partial charge in [0.15, 0.2) is 0 Å². The van der Waals surface area contributed by atoms with Gasteiger partial charge in [0.05, 0.1) is 0 Å². The van der Waals surface area contributed by atoms with E-state index in [1.165, 1.54) is 16.0 Å². The number of nitrogens with one attached hydrogen (secondary N) is 1. The second-order valence-corrected chi connectivity index (χ2v) is 6.67. The Morgan fingerprint density at radius 1 is 1.26 bits per heavy atom. The Labute approximate surface area is 123 Å². The molecule has 0 spiro atoms. The van der Waals surface area contributed by atoms with Gasteiger partial charge in [0.1, 0.15) is 0 Å². The number of hydrogen-bond acceptors (Lipinski definition) is 2. The van der Waals surface area contributed by atoms with E-state index in [0.717, 1.165) is 23.7 Å². The van der Waals surface area contributed by atoms with Crippen LogP contribution < -0.4 is 5.32 Å². The number of aryl methyl sites for hydroxylation is 1. The lowest BCUT2D eigenvalue weighted by Gasteiger charge is -2.13. The average Bonchev–Trinajstić information content (AvgIpc) is 2.82. The molecule has 1 nitrogen and oxygen atoms in total. The predicted molar refractivity (Wildman–Crippen MR) is 84.5 cm³/mol. The van der Waals surface area contributed by atoms with Gasteiger partial charge in [-0.1, -0.05) is 35.9 Å². The molecule has 1 heterocycles. The minimum Gasteiger partial charge on any atom is -0.384 e. The van der Waals surface area contributed by atoms with Crippen LogP contribution in [0.4, 0.5) is 5.69 Å². The van der Waals surface area contributed by atoms with Crippen molar-refractivity contribution in [3.05, 3.63) is 58.6 Å². The van der Waals surface area contributed by atoms with Crippen LogP contribution in [0.2, 0.25) is 5.02 Å². The summed E-state index contributed by atoms with van der Waals surface area (Å²) in [5.41, 5.74) is 3.86. The van der Waals surface area contributed by atoms with Crippen molar-refractivity contribution in [1.82, 2.24) is 0 Å². The van der Waals surface area contributed by atoms with Gasteiger partial charge in [-0.2, -0.15) is 0 Å². The fourth-order valence-electron chi connectivity index (χ4n) is 2.38. The molecular weight excluding hydrogens is 274 g/mol. The third-order valence-corrected chi connectivity index (χ3v) is 4.99. The summed E-state index contributed by atoms with van der Waals surface area (Å²) in [4.78, 5) is 1.43. The molecule has 1 unspecified atom stereocenters. The standard InChI is InChI=1S/C16H16ClNS/c1-11-6-7-13(17)9-15(11)18-10-14-8-12-4-2-3-5-16(12)19-14/h2-7,9,14,18H,8,10H2,1H3. The molecule has 3 rings (SSSR count). The van der Waals surface area contributed by atoms with Crippen molar-refractivity contribution in [1.29, 1.82) is 0 Å². The van der Waals surface area contributed by atoms with Crippen LogP contribution in [0.5, 0.6) is 0 Å². The molecule has 0 amide bonds. The van der Waals surface area contributed by atoms with E-state index in [4.69, 9.17) is 11.6 Å².